The highest BCUT2D eigenvalue weighted by Gasteiger charge is 2.35. The molecular formula is C34H68O4. The lowest BCUT2D eigenvalue weighted by Gasteiger charge is -2.28. The number of carboxylic acids is 1. The number of esters is 1. The Hall–Kier alpha value is -1.06. The molecule has 2 atom stereocenters. The first kappa shape index (κ1) is 39.1. The highest BCUT2D eigenvalue weighted by molar-refractivity contribution is 5.74. The molecule has 0 bridgehead atoms. The molecule has 4 nitrogen and oxygen atoms in total. The third kappa shape index (κ3) is 22.9. The fourth-order valence-electron chi connectivity index (χ4n) is 4.96. The Morgan fingerprint density at radius 3 is 1.61 bits per heavy atom. The van der Waals surface area contributed by atoms with Crippen molar-refractivity contribution in [3.8, 4) is 0 Å². The van der Waals surface area contributed by atoms with Crippen molar-refractivity contribution >= 4 is 11.9 Å². The second-order valence-corrected chi connectivity index (χ2v) is 12.4. The summed E-state index contributed by atoms with van der Waals surface area (Å²) in [6, 6.07) is 0. The summed E-state index contributed by atoms with van der Waals surface area (Å²) < 4.78 is 5.53. The fourth-order valence-corrected chi connectivity index (χ4v) is 4.96. The lowest BCUT2D eigenvalue weighted by Crippen LogP contribution is -2.30. The molecule has 0 aromatic carbocycles. The predicted molar refractivity (Wildman–Crippen MR) is 165 cm³/mol. The van der Waals surface area contributed by atoms with Crippen LogP contribution in [-0.4, -0.2) is 23.1 Å². The number of unbranched alkanes of at least 4 members (excludes halogenated alkanes) is 8. The highest BCUT2D eigenvalue weighted by Crippen LogP contribution is 2.35. The van der Waals surface area contributed by atoms with E-state index in [1.807, 2.05) is 6.92 Å². The van der Waals surface area contributed by atoms with Crippen LogP contribution in [0.2, 0.25) is 0 Å². The molecule has 0 aromatic heterocycles. The maximum atomic E-state index is 11.7. The van der Waals surface area contributed by atoms with Crippen LogP contribution in [0.5, 0.6) is 0 Å². The molecule has 0 spiro atoms. The van der Waals surface area contributed by atoms with E-state index >= 15 is 0 Å². The Morgan fingerprint density at radius 2 is 1.13 bits per heavy atom. The van der Waals surface area contributed by atoms with E-state index in [1.54, 1.807) is 0 Å². The smallest absolute Gasteiger partial charge is 0.309 e. The maximum Gasteiger partial charge on any atom is 0.309 e. The van der Waals surface area contributed by atoms with Crippen molar-refractivity contribution in [2.24, 2.45) is 17.3 Å². The van der Waals surface area contributed by atoms with Crippen LogP contribution in [0.3, 0.4) is 0 Å². The monoisotopic (exact) mass is 541 g/mol. The lowest BCUT2D eigenvalue weighted by atomic mass is 9.75. The number of ether oxygens (including phenoxy) is 1. The minimum Gasteiger partial charge on any atom is -0.481 e. The number of hydrogen-bond donors (Lipinski definition) is 1. The van der Waals surface area contributed by atoms with Gasteiger partial charge in [0.1, 0.15) is 6.10 Å². The molecule has 38 heavy (non-hydrogen) atoms. The Balaban J connectivity index is 0. The van der Waals surface area contributed by atoms with E-state index in [0.717, 1.165) is 69.6 Å². The van der Waals surface area contributed by atoms with Crippen LogP contribution in [0.25, 0.3) is 0 Å². The summed E-state index contributed by atoms with van der Waals surface area (Å²) in [5.41, 5.74) is -0.454. The Kier molecular flexibility index (Phi) is 26.9. The average Bonchev–Trinajstić information content (AvgIpc) is 2.87. The summed E-state index contributed by atoms with van der Waals surface area (Å²) >= 11 is 0. The van der Waals surface area contributed by atoms with E-state index < -0.39 is 11.4 Å². The zero-order valence-corrected chi connectivity index (χ0v) is 27.0. The van der Waals surface area contributed by atoms with Crippen LogP contribution in [0.1, 0.15) is 184 Å². The average molecular weight is 541 g/mol. The van der Waals surface area contributed by atoms with Crippen LogP contribution in [0, 0.1) is 17.3 Å². The summed E-state index contributed by atoms with van der Waals surface area (Å²) in [4.78, 5) is 23.4. The third-order valence-corrected chi connectivity index (χ3v) is 7.87. The number of aliphatic carboxylic acids is 1. The third-order valence-electron chi connectivity index (χ3n) is 7.87. The molecule has 1 N–H and O–H groups in total. The molecule has 0 saturated carbocycles. The van der Waals surface area contributed by atoms with Crippen molar-refractivity contribution in [2.45, 2.75) is 190 Å². The van der Waals surface area contributed by atoms with E-state index in [9.17, 15) is 14.7 Å². The minimum absolute atomic E-state index is 0.00731. The molecule has 228 valence electrons. The van der Waals surface area contributed by atoms with Gasteiger partial charge in [0, 0.05) is 6.42 Å². The van der Waals surface area contributed by atoms with Crippen LogP contribution < -0.4 is 0 Å². The predicted octanol–water partition coefficient (Wildman–Crippen LogP) is 11.1. The molecule has 0 rings (SSSR count). The number of carbonyl (C=O) groups is 2. The summed E-state index contributed by atoms with van der Waals surface area (Å²) in [5, 5.41) is 9.59. The van der Waals surface area contributed by atoms with Crippen LogP contribution in [0.15, 0.2) is 0 Å². The molecule has 0 aliphatic carbocycles. The Bertz CT molecular complexity index is 543. The number of carbonyl (C=O) groups excluding carboxylic acids is 1. The van der Waals surface area contributed by atoms with Crippen LogP contribution >= 0.6 is 0 Å². The molecule has 0 radical (unpaired) electrons. The Labute approximate surface area is 238 Å². The molecule has 0 saturated heterocycles. The SMILES string of the molecule is CCCCCC(CC)OC(=O)CCCCCC(C)C.CCCCCCC(CC)(CCCCC(C)C)C(=O)O. The normalized spacial score (nSPS) is 13.6. The first-order valence-corrected chi connectivity index (χ1v) is 16.5. The standard InChI is InChI=1S/2C17H34O2/c1-5-7-9-13-16(6-2)19-17(18)14-11-8-10-12-15(3)4;1-5-7-8-10-13-17(6-2,16(18)19)14-11-9-12-15(3)4/h15-16H,5-14H2,1-4H3;15H,5-14H2,1-4H3,(H,18,19). The van der Waals surface area contributed by atoms with E-state index in [1.165, 1.54) is 64.2 Å². The van der Waals surface area contributed by atoms with Crippen molar-refractivity contribution < 1.29 is 19.4 Å². The summed E-state index contributed by atoms with van der Waals surface area (Å²) in [6.45, 7) is 17.5. The van der Waals surface area contributed by atoms with Gasteiger partial charge in [-0.3, -0.25) is 9.59 Å². The van der Waals surface area contributed by atoms with Crippen molar-refractivity contribution in [2.75, 3.05) is 0 Å². The summed E-state index contributed by atoms with van der Waals surface area (Å²) in [5.74, 6) is 0.935. The largest absolute Gasteiger partial charge is 0.481 e. The second-order valence-electron chi connectivity index (χ2n) is 12.4. The molecular weight excluding hydrogens is 472 g/mol. The molecule has 0 fully saturated rings. The molecule has 4 heteroatoms. The molecule has 0 aliphatic heterocycles. The lowest BCUT2D eigenvalue weighted by molar-refractivity contribution is -0.151. The van der Waals surface area contributed by atoms with Gasteiger partial charge < -0.3 is 9.84 Å². The number of rotatable bonds is 24. The molecule has 2 unspecified atom stereocenters. The first-order chi connectivity index (χ1) is 18.1. The van der Waals surface area contributed by atoms with E-state index in [-0.39, 0.29) is 12.1 Å². The highest BCUT2D eigenvalue weighted by atomic mass is 16.5. The molecule has 0 aromatic rings. The van der Waals surface area contributed by atoms with E-state index in [0.29, 0.717) is 6.42 Å². The van der Waals surface area contributed by atoms with Gasteiger partial charge >= 0.3 is 11.9 Å². The maximum absolute atomic E-state index is 11.7. The van der Waals surface area contributed by atoms with Gasteiger partial charge in [0.25, 0.3) is 0 Å². The van der Waals surface area contributed by atoms with Crippen molar-refractivity contribution in [1.29, 1.82) is 0 Å². The zero-order valence-electron chi connectivity index (χ0n) is 27.0. The van der Waals surface area contributed by atoms with Gasteiger partial charge in [0.2, 0.25) is 0 Å². The topological polar surface area (TPSA) is 63.6 Å². The van der Waals surface area contributed by atoms with Crippen molar-refractivity contribution in [3.05, 3.63) is 0 Å². The molecule has 0 heterocycles. The zero-order chi connectivity index (χ0) is 29.2. The van der Waals surface area contributed by atoms with Crippen molar-refractivity contribution in [1.82, 2.24) is 0 Å². The van der Waals surface area contributed by atoms with Gasteiger partial charge in [-0.25, -0.2) is 0 Å². The van der Waals surface area contributed by atoms with Gasteiger partial charge in [-0.1, -0.05) is 132 Å². The van der Waals surface area contributed by atoms with Crippen molar-refractivity contribution in [3.63, 3.8) is 0 Å². The van der Waals surface area contributed by atoms with E-state index in [2.05, 4.69) is 48.5 Å². The summed E-state index contributed by atoms with van der Waals surface area (Å²) in [7, 11) is 0. The number of carboxylic acid groups (broad SMARTS) is 1. The fraction of sp³-hybridized carbons (Fsp3) is 0.941. The quantitative estimate of drug-likeness (QED) is 0.0976. The minimum atomic E-state index is -0.573. The Morgan fingerprint density at radius 1 is 0.658 bits per heavy atom. The van der Waals surface area contributed by atoms with Gasteiger partial charge in [-0.05, 0) is 56.8 Å². The second kappa shape index (κ2) is 26.2. The summed E-state index contributed by atoms with van der Waals surface area (Å²) in [6.07, 6.45) is 21.6. The molecule has 0 aliphatic rings. The van der Waals surface area contributed by atoms with Crippen LogP contribution in [-0.2, 0) is 14.3 Å². The van der Waals surface area contributed by atoms with Crippen LogP contribution in [0.4, 0.5) is 0 Å². The van der Waals surface area contributed by atoms with Gasteiger partial charge in [-0.15, -0.1) is 0 Å². The first-order valence-electron chi connectivity index (χ1n) is 16.5. The number of hydrogen-bond acceptors (Lipinski definition) is 3. The van der Waals surface area contributed by atoms with Gasteiger partial charge in [-0.2, -0.15) is 0 Å². The molecule has 0 amide bonds. The van der Waals surface area contributed by atoms with E-state index in [4.69, 9.17) is 4.74 Å². The van der Waals surface area contributed by atoms with Gasteiger partial charge in [0.15, 0.2) is 0 Å². The van der Waals surface area contributed by atoms with Gasteiger partial charge in [0.05, 0.1) is 5.41 Å².